The standard InChI is InChI=1S/C3H7F2NS/c4-3(5,1-6)2-7/h7H,1-2,6H2. The van der Waals surface area contributed by atoms with Crippen LogP contribution in [0.1, 0.15) is 0 Å². The highest BCUT2D eigenvalue weighted by molar-refractivity contribution is 7.80. The minimum absolute atomic E-state index is 0.469. The summed E-state index contributed by atoms with van der Waals surface area (Å²) in [5, 5.41) is 0. The third kappa shape index (κ3) is 2.82. The van der Waals surface area contributed by atoms with Crippen molar-refractivity contribution in [3.05, 3.63) is 0 Å². The van der Waals surface area contributed by atoms with E-state index >= 15 is 0 Å². The van der Waals surface area contributed by atoms with Gasteiger partial charge in [0.15, 0.2) is 0 Å². The third-order valence-electron chi connectivity index (χ3n) is 0.530. The highest BCUT2D eigenvalue weighted by Crippen LogP contribution is 2.11. The van der Waals surface area contributed by atoms with Crippen LogP contribution in [-0.2, 0) is 0 Å². The van der Waals surface area contributed by atoms with Gasteiger partial charge in [0.2, 0.25) is 0 Å². The first-order chi connectivity index (χ1) is 3.12. The van der Waals surface area contributed by atoms with Gasteiger partial charge in [0.1, 0.15) is 0 Å². The molecule has 0 amide bonds. The average Bonchev–Trinajstić information content (AvgIpc) is 1.68. The van der Waals surface area contributed by atoms with Crippen molar-refractivity contribution in [3.63, 3.8) is 0 Å². The van der Waals surface area contributed by atoms with Crippen LogP contribution < -0.4 is 5.73 Å². The third-order valence-corrected chi connectivity index (χ3v) is 0.993. The van der Waals surface area contributed by atoms with E-state index in [0.717, 1.165) is 0 Å². The van der Waals surface area contributed by atoms with Crippen LogP contribution in [0.3, 0.4) is 0 Å². The molecule has 0 aliphatic rings. The van der Waals surface area contributed by atoms with E-state index in [4.69, 9.17) is 0 Å². The topological polar surface area (TPSA) is 26.0 Å². The van der Waals surface area contributed by atoms with Gasteiger partial charge in [0.05, 0.1) is 12.3 Å². The number of thiol groups is 1. The average molecular weight is 127 g/mol. The molecule has 0 atom stereocenters. The molecule has 0 spiro atoms. The van der Waals surface area contributed by atoms with E-state index in [9.17, 15) is 8.78 Å². The molecule has 44 valence electrons. The van der Waals surface area contributed by atoms with E-state index in [0.29, 0.717) is 0 Å². The molecule has 0 aromatic heterocycles. The van der Waals surface area contributed by atoms with E-state index in [1.807, 2.05) is 0 Å². The van der Waals surface area contributed by atoms with Crippen molar-refractivity contribution in [2.45, 2.75) is 5.92 Å². The SMILES string of the molecule is NCC(F)(F)CS. The Morgan fingerprint density at radius 3 is 2.00 bits per heavy atom. The maximum atomic E-state index is 11.7. The smallest absolute Gasteiger partial charge is 0.268 e. The summed E-state index contributed by atoms with van der Waals surface area (Å²) in [6.45, 7) is -0.615. The first-order valence-corrected chi connectivity index (χ1v) is 2.44. The maximum absolute atomic E-state index is 11.7. The summed E-state index contributed by atoms with van der Waals surface area (Å²) in [6.07, 6.45) is 0. The van der Waals surface area contributed by atoms with Crippen molar-refractivity contribution < 1.29 is 8.78 Å². The molecular weight excluding hydrogens is 120 g/mol. The van der Waals surface area contributed by atoms with E-state index in [2.05, 4.69) is 18.4 Å². The molecule has 0 bridgehead atoms. The van der Waals surface area contributed by atoms with Gasteiger partial charge in [-0.1, -0.05) is 0 Å². The molecule has 0 fully saturated rings. The molecule has 4 heteroatoms. The van der Waals surface area contributed by atoms with Gasteiger partial charge < -0.3 is 5.73 Å². The molecule has 0 radical (unpaired) electrons. The molecule has 0 aromatic rings. The Labute approximate surface area is 46.3 Å². The second kappa shape index (κ2) is 2.47. The van der Waals surface area contributed by atoms with Gasteiger partial charge in [-0.05, 0) is 0 Å². The van der Waals surface area contributed by atoms with Crippen LogP contribution in [0.25, 0.3) is 0 Å². The van der Waals surface area contributed by atoms with Crippen molar-refractivity contribution in [1.82, 2.24) is 0 Å². The number of alkyl halides is 2. The summed E-state index contributed by atoms with van der Waals surface area (Å²) in [5.74, 6) is -3.24. The van der Waals surface area contributed by atoms with Crippen LogP contribution in [0, 0.1) is 0 Å². The molecule has 0 heterocycles. The highest BCUT2D eigenvalue weighted by Gasteiger charge is 2.23. The maximum Gasteiger partial charge on any atom is 0.268 e. The first kappa shape index (κ1) is 7.17. The summed E-state index contributed by atoms with van der Waals surface area (Å²) in [6, 6.07) is 0. The van der Waals surface area contributed by atoms with Gasteiger partial charge in [0, 0.05) is 0 Å². The number of nitrogens with two attached hydrogens (primary N) is 1. The summed E-state index contributed by atoms with van der Waals surface area (Å²) >= 11 is 3.35. The second-order valence-corrected chi connectivity index (χ2v) is 1.53. The van der Waals surface area contributed by atoms with Gasteiger partial charge in [-0.15, -0.1) is 0 Å². The van der Waals surface area contributed by atoms with Gasteiger partial charge in [-0.2, -0.15) is 12.6 Å². The summed E-state index contributed by atoms with van der Waals surface area (Å²) in [5.41, 5.74) is 4.62. The molecule has 0 aromatic carbocycles. The lowest BCUT2D eigenvalue weighted by Crippen LogP contribution is -2.29. The van der Waals surface area contributed by atoms with Crippen LogP contribution in [0.5, 0.6) is 0 Å². The Morgan fingerprint density at radius 2 is 2.00 bits per heavy atom. The van der Waals surface area contributed by atoms with Crippen molar-refractivity contribution in [1.29, 1.82) is 0 Å². The predicted molar refractivity (Wildman–Crippen MR) is 27.9 cm³/mol. The molecule has 1 nitrogen and oxygen atoms in total. The van der Waals surface area contributed by atoms with Gasteiger partial charge in [-0.25, -0.2) is 8.78 Å². The number of hydrogen-bond acceptors (Lipinski definition) is 2. The van der Waals surface area contributed by atoms with Crippen molar-refractivity contribution in [2.24, 2.45) is 5.73 Å². The van der Waals surface area contributed by atoms with Crippen LogP contribution in [0.15, 0.2) is 0 Å². The largest absolute Gasteiger partial charge is 0.325 e. The predicted octanol–water partition coefficient (Wildman–Crippen LogP) is 0.510. The van der Waals surface area contributed by atoms with Crippen LogP contribution in [-0.4, -0.2) is 18.2 Å². The molecule has 2 N–H and O–H groups in total. The van der Waals surface area contributed by atoms with Crippen LogP contribution in [0.4, 0.5) is 8.78 Å². The molecule has 7 heavy (non-hydrogen) atoms. The quantitative estimate of drug-likeness (QED) is 0.519. The lowest BCUT2D eigenvalue weighted by molar-refractivity contribution is 0.0379. The lowest BCUT2D eigenvalue weighted by atomic mass is 10.4. The van der Waals surface area contributed by atoms with E-state index < -0.39 is 18.2 Å². The Hall–Kier alpha value is 0.170. The van der Waals surface area contributed by atoms with E-state index in [1.165, 1.54) is 0 Å². The molecule has 0 saturated heterocycles. The Morgan fingerprint density at radius 1 is 1.57 bits per heavy atom. The fraction of sp³-hybridized carbons (Fsp3) is 1.00. The van der Waals surface area contributed by atoms with Gasteiger partial charge >= 0.3 is 0 Å². The molecule has 0 unspecified atom stereocenters. The summed E-state index contributed by atoms with van der Waals surface area (Å²) in [7, 11) is 0. The van der Waals surface area contributed by atoms with Crippen LogP contribution >= 0.6 is 12.6 Å². The van der Waals surface area contributed by atoms with Gasteiger partial charge in [-0.3, -0.25) is 0 Å². The Balaban J connectivity index is 3.36. The summed E-state index contributed by atoms with van der Waals surface area (Å²) < 4.78 is 23.4. The van der Waals surface area contributed by atoms with Crippen molar-refractivity contribution in [2.75, 3.05) is 12.3 Å². The number of hydrogen-bond donors (Lipinski definition) is 2. The van der Waals surface area contributed by atoms with Crippen molar-refractivity contribution in [3.8, 4) is 0 Å². The van der Waals surface area contributed by atoms with E-state index in [-0.39, 0.29) is 0 Å². The van der Waals surface area contributed by atoms with Gasteiger partial charge in [0.25, 0.3) is 5.92 Å². The molecule has 0 aliphatic carbocycles. The normalized spacial score (nSPS) is 12.0. The summed E-state index contributed by atoms with van der Waals surface area (Å²) in [4.78, 5) is 0. The number of rotatable bonds is 2. The Bertz CT molecular complexity index is 50.9. The van der Waals surface area contributed by atoms with Crippen LogP contribution in [0.2, 0.25) is 0 Å². The minimum atomic E-state index is -2.77. The molecule has 0 aliphatic heterocycles. The molecule has 0 saturated carbocycles. The monoisotopic (exact) mass is 127 g/mol. The molecule has 0 rings (SSSR count). The van der Waals surface area contributed by atoms with E-state index in [1.54, 1.807) is 0 Å². The zero-order valence-corrected chi connectivity index (χ0v) is 4.59. The lowest BCUT2D eigenvalue weighted by Gasteiger charge is -2.07. The van der Waals surface area contributed by atoms with Crippen molar-refractivity contribution >= 4 is 12.6 Å². The zero-order valence-electron chi connectivity index (χ0n) is 3.69. The second-order valence-electron chi connectivity index (χ2n) is 1.22. The zero-order chi connectivity index (χ0) is 5.91. The fourth-order valence-electron chi connectivity index (χ4n) is 0.0645. The molecular formula is C3H7F2NS. The highest BCUT2D eigenvalue weighted by atomic mass is 32.1. The fourth-order valence-corrected chi connectivity index (χ4v) is 0.194. The first-order valence-electron chi connectivity index (χ1n) is 1.81. The minimum Gasteiger partial charge on any atom is -0.325 e. The Kier molecular flexibility index (Phi) is 2.53. The number of halogens is 2.